The van der Waals surface area contributed by atoms with E-state index in [9.17, 15) is 38.4 Å². The highest BCUT2D eigenvalue weighted by molar-refractivity contribution is 5.92. The second-order valence-corrected chi connectivity index (χ2v) is 12.4. The molecule has 0 saturated carbocycles. The molecule has 1 fully saturated rings. The molecule has 0 aliphatic carbocycles. The third kappa shape index (κ3) is 14.6. The summed E-state index contributed by atoms with van der Waals surface area (Å²) in [5, 5.41) is 7.32. The fourth-order valence-electron chi connectivity index (χ4n) is 4.86. The van der Waals surface area contributed by atoms with Crippen LogP contribution in [0.25, 0.3) is 0 Å². The molecule has 0 bridgehead atoms. The van der Waals surface area contributed by atoms with Crippen LogP contribution in [0, 0.1) is 0 Å². The summed E-state index contributed by atoms with van der Waals surface area (Å²) >= 11 is 0. The van der Waals surface area contributed by atoms with Crippen molar-refractivity contribution in [1.29, 1.82) is 0 Å². The van der Waals surface area contributed by atoms with E-state index in [1.807, 2.05) is 0 Å². The van der Waals surface area contributed by atoms with Gasteiger partial charge in [0.05, 0.1) is 13.5 Å². The Bertz CT molecular complexity index is 1430. The molecule has 3 N–H and O–H groups in total. The number of carbonyl (C=O) groups is 8. The Hall–Kier alpha value is -5.26. The zero-order chi connectivity index (χ0) is 38.5. The zero-order valence-electron chi connectivity index (χ0n) is 29.7. The number of benzene rings is 1. The summed E-state index contributed by atoms with van der Waals surface area (Å²) in [6, 6.07) is 5.77. The highest BCUT2D eigenvalue weighted by Crippen LogP contribution is 2.28. The van der Waals surface area contributed by atoms with E-state index < -0.39 is 109 Å². The molecule has 1 aromatic rings. The zero-order valence-corrected chi connectivity index (χ0v) is 29.7. The Balaban J connectivity index is 2.38. The molecule has 1 aliphatic rings. The topological polar surface area (TPSA) is 237 Å². The van der Waals surface area contributed by atoms with Gasteiger partial charge in [-0.1, -0.05) is 30.3 Å². The molecule has 2 rings (SSSR count). The van der Waals surface area contributed by atoms with Crippen molar-refractivity contribution in [3.63, 3.8) is 0 Å². The van der Waals surface area contributed by atoms with Gasteiger partial charge in [0.25, 0.3) is 0 Å². The minimum atomic E-state index is -1.63. The number of methoxy groups -OCH3 is 1. The van der Waals surface area contributed by atoms with Crippen LogP contribution in [0.4, 0.5) is 4.79 Å². The van der Waals surface area contributed by atoms with E-state index in [4.69, 9.17) is 33.2 Å². The van der Waals surface area contributed by atoms with E-state index in [0.717, 1.165) is 34.8 Å². The summed E-state index contributed by atoms with van der Waals surface area (Å²) in [6.45, 7) is 8.57. The van der Waals surface area contributed by atoms with Crippen LogP contribution in [0.3, 0.4) is 0 Å². The van der Waals surface area contributed by atoms with Crippen LogP contribution in [0.15, 0.2) is 30.3 Å². The first kappa shape index (κ1) is 41.9. The van der Waals surface area contributed by atoms with E-state index >= 15 is 0 Å². The highest BCUT2D eigenvalue weighted by atomic mass is 16.7. The quantitative estimate of drug-likeness (QED) is 0.174. The lowest BCUT2D eigenvalue weighted by molar-refractivity contribution is -0.257. The van der Waals surface area contributed by atoms with Crippen molar-refractivity contribution < 1.29 is 71.5 Å². The summed E-state index contributed by atoms with van der Waals surface area (Å²) in [6.07, 6.45) is -9.33. The van der Waals surface area contributed by atoms with Gasteiger partial charge in [0.2, 0.25) is 11.8 Å². The van der Waals surface area contributed by atoms with Crippen LogP contribution >= 0.6 is 0 Å². The maximum Gasteiger partial charge on any atom is 0.408 e. The van der Waals surface area contributed by atoms with E-state index in [1.54, 1.807) is 51.1 Å². The van der Waals surface area contributed by atoms with Gasteiger partial charge in [0, 0.05) is 34.1 Å². The van der Waals surface area contributed by atoms with Crippen molar-refractivity contribution in [3.05, 3.63) is 35.9 Å². The van der Waals surface area contributed by atoms with Crippen LogP contribution in [0.5, 0.6) is 0 Å². The van der Waals surface area contributed by atoms with Crippen LogP contribution < -0.4 is 16.0 Å². The predicted octanol–water partition coefficient (Wildman–Crippen LogP) is 0.370. The summed E-state index contributed by atoms with van der Waals surface area (Å²) in [7, 11) is 1.03. The molecule has 18 heteroatoms. The molecule has 1 aromatic carbocycles. The first-order chi connectivity index (χ1) is 23.8. The third-order valence-corrected chi connectivity index (χ3v) is 6.78. The molecule has 1 aliphatic heterocycles. The lowest BCUT2D eigenvalue weighted by Crippen LogP contribution is -2.66. The van der Waals surface area contributed by atoms with Crippen molar-refractivity contribution >= 4 is 47.8 Å². The molecular formula is C33H45N3O15. The van der Waals surface area contributed by atoms with Crippen molar-refractivity contribution in [2.24, 2.45) is 0 Å². The SMILES string of the molecule is COC(=O)[C@H](CC(=O)N[C@H]1O[C@H](COC(C)=O)[C@H](OC(C)=O)[C@H](OC(C)=O)[C@H]1OC(C)=O)NC(=O)[C@H](Cc1ccccc1)NC(=O)OC(C)(C)C. The summed E-state index contributed by atoms with van der Waals surface area (Å²) < 4.78 is 37.0. The van der Waals surface area contributed by atoms with Gasteiger partial charge in [-0.25, -0.2) is 9.59 Å². The standard InChI is InChI=1S/C33H45N3O15/c1-17(37)46-16-24-26(47-18(2)38)27(48-19(3)39)28(49-20(4)40)30(50-24)36-25(41)15-23(31(43)45-8)34-29(42)22(14-21-12-10-9-11-13-21)35-32(44)51-33(5,6)7/h9-13,22-24,26-28,30H,14-16H2,1-8H3,(H,34,42)(H,35,44)(H,36,41)/t22-,23-,24+,26-,27-,28+,30-/m0/s1. The Labute approximate surface area is 294 Å². The molecule has 0 radical (unpaired) electrons. The summed E-state index contributed by atoms with van der Waals surface area (Å²) in [4.78, 5) is 100. The Kier molecular flexibility index (Phi) is 15.8. The number of ether oxygens (including phenoxy) is 7. The van der Waals surface area contributed by atoms with E-state index in [2.05, 4.69) is 16.0 Å². The Morgan fingerprint density at radius 1 is 0.765 bits per heavy atom. The van der Waals surface area contributed by atoms with Crippen LogP contribution in [0.1, 0.15) is 60.5 Å². The van der Waals surface area contributed by atoms with Crippen LogP contribution in [-0.2, 0) is 73.1 Å². The van der Waals surface area contributed by atoms with Crippen molar-refractivity contribution in [2.45, 2.75) is 110 Å². The van der Waals surface area contributed by atoms with E-state index in [-0.39, 0.29) is 6.42 Å². The predicted molar refractivity (Wildman–Crippen MR) is 172 cm³/mol. The molecule has 1 saturated heterocycles. The van der Waals surface area contributed by atoms with Crippen molar-refractivity contribution in [1.82, 2.24) is 16.0 Å². The largest absolute Gasteiger partial charge is 0.467 e. The summed E-state index contributed by atoms with van der Waals surface area (Å²) in [5.41, 5.74) is -0.232. The number of nitrogens with one attached hydrogen (secondary N) is 3. The number of hydrogen-bond acceptors (Lipinski definition) is 15. The Morgan fingerprint density at radius 3 is 1.86 bits per heavy atom. The maximum atomic E-state index is 13.5. The van der Waals surface area contributed by atoms with Gasteiger partial charge >= 0.3 is 35.9 Å². The average molecular weight is 724 g/mol. The first-order valence-electron chi connectivity index (χ1n) is 15.8. The fourth-order valence-corrected chi connectivity index (χ4v) is 4.86. The normalized spacial score (nSPS) is 21.0. The maximum absolute atomic E-state index is 13.5. The number of hydrogen-bond donors (Lipinski definition) is 3. The minimum Gasteiger partial charge on any atom is -0.467 e. The number of rotatable bonds is 14. The molecule has 282 valence electrons. The molecule has 1 heterocycles. The molecule has 18 nitrogen and oxygen atoms in total. The second kappa shape index (κ2) is 19.2. The Morgan fingerprint density at radius 2 is 1.33 bits per heavy atom. The lowest BCUT2D eigenvalue weighted by atomic mass is 9.97. The molecule has 0 spiro atoms. The van der Waals surface area contributed by atoms with Crippen molar-refractivity contribution in [2.75, 3.05) is 13.7 Å². The van der Waals surface area contributed by atoms with Crippen molar-refractivity contribution in [3.8, 4) is 0 Å². The number of esters is 5. The molecule has 0 aromatic heterocycles. The average Bonchev–Trinajstić information content (AvgIpc) is 3.00. The second-order valence-electron chi connectivity index (χ2n) is 12.4. The van der Waals surface area contributed by atoms with Gasteiger partial charge in [0.1, 0.15) is 30.4 Å². The molecule has 0 unspecified atom stereocenters. The number of amides is 3. The van der Waals surface area contributed by atoms with Gasteiger partial charge in [-0.05, 0) is 26.3 Å². The van der Waals surface area contributed by atoms with Gasteiger partial charge in [-0.2, -0.15) is 0 Å². The lowest BCUT2D eigenvalue weighted by Gasteiger charge is -2.44. The smallest absolute Gasteiger partial charge is 0.408 e. The molecule has 3 amide bonds. The minimum absolute atomic E-state index is 0.0171. The molecular weight excluding hydrogens is 678 g/mol. The van der Waals surface area contributed by atoms with Gasteiger partial charge in [-0.15, -0.1) is 0 Å². The van der Waals surface area contributed by atoms with Crippen LogP contribution in [-0.4, -0.2) is 110 Å². The summed E-state index contributed by atoms with van der Waals surface area (Å²) in [5.74, 6) is -6.23. The molecule has 51 heavy (non-hydrogen) atoms. The number of carbonyl (C=O) groups excluding carboxylic acids is 8. The van der Waals surface area contributed by atoms with Gasteiger partial charge in [0.15, 0.2) is 24.5 Å². The first-order valence-corrected chi connectivity index (χ1v) is 15.8. The molecule has 7 atom stereocenters. The highest BCUT2D eigenvalue weighted by Gasteiger charge is 2.52. The fraction of sp³-hybridized carbons (Fsp3) is 0.576. The van der Waals surface area contributed by atoms with E-state index in [0.29, 0.717) is 5.56 Å². The van der Waals surface area contributed by atoms with Gasteiger partial charge in [-0.3, -0.25) is 28.8 Å². The van der Waals surface area contributed by atoms with E-state index in [1.165, 1.54) is 0 Å². The van der Waals surface area contributed by atoms with Gasteiger partial charge < -0.3 is 49.1 Å². The van der Waals surface area contributed by atoms with Crippen LogP contribution in [0.2, 0.25) is 0 Å². The number of alkyl carbamates (subject to hydrolysis) is 1. The third-order valence-electron chi connectivity index (χ3n) is 6.78. The monoisotopic (exact) mass is 723 g/mol.